The van der Waals surface area contributed by atoms with Crippen LogP contribution in [0.15, 0.2) is 116 Å². The molecule has 14 nitrogen and oxygen atoms in total. The highest BCUT2D eigenvalue weighted by Crippen LogP contribution is 2.39. The number of aromatic nitrogens is 10. The largest absolute Gasteiger partial charge is 0.340 e. The molecule has 0 radical (unpaired) electrons. The molecule has 1 fully saturated rings. The summed E-state index contributed by atoms with van der Waals surface area (Å²) >= 11 is 0. The van der Waals surface area contributed by atoms with Gasteiger partial charge in [-0.3, -0.25) is 20.4 Å². The highest BCUT2D eigenvalue weighted by atomic mass is 15.2. The maximum Gasteiger partial charge on any atom is 0.161 e. The predicted molar refractivity (Wildman–Crippen MR) is 200 cm³/mol. The molecule has 0 amide bonds. The molecule has 0 saturated heterocycles. The molecule has 0 bridgehead atoms. The van der Waals surface area contributed by atoms with Crippen molar-refractivity contribution in [2.24, 2.45) is 0 Å². The Morgan fingerprint density at radius 3 is 1.75 bits per heavy atom. The van der Waals surface area contributed by atoms with Gasteiger partial charge in [0, 0.05) is 45.2 Å². The van der Waals surface area contributed by atoms with Crippen LogP contribution in [-0.2, 0) is 0 Å². The Balaban J connectivity index is 0.000000137. The van der Waals surface area contributed by atoms with E-state index in [1.165, 1.54) is 18.5 Å². The Labute approximate surface area is 290 Å². The Bertz CT molecular complexity index is 2590. The Morgan fingerprint density at radius 2 is 1.10 bits per heavy atom. The lowest BCUT2D eigenvalue weighted by Gasteiger charge is -2.08. The van der Waals surface area contributed by atoms with Gasteiger partial charge in [0.1, 0.15) is 23.3 Å². The number of pyridine rings is 2. The monoisotopic (exact) mass is 672 g/mol. The van der Waals surface area contributed by atoms with Crippen LogP contribution in [0.1, 0.15) is 24.5 Å². The average Bonchev–Trinajstić information content (AvgIpc) is 3.51. The molecule has 0 aliphatic heterocycles. The van der Waals surface area contributed by atoms with E-state index in [1.807, 2.05) is 103 Å². The highest BCUT2D eigenvalue weighted by molar-refractivity contribution is 5.91. The molecule has 14 heteroatoms. The quantitative estimate of drug-likeness (QED) is 0.0740. The summed E-state index contributed by atoms with van der Waals surface area (Å²) < 4.78 is 0. The second-order valence-electron chi connectivity index (χ2n) is 12.3. The maximum atomic E-state index is 4.62. The molecule has 10 rings (SSSR count). The number of hydrogen-bond donors (Lipinski definition) is 8. The summed E-state index contributed by atoms with van der Waals surface area (Å²) in [5.74, 6) is 5.18. The van der Waals surface area contributed by atoms with E-state index >= 15 is 0 Å². The van der Waals surface area contributed by atoms with Gasteiger partial charge in [0.2, 0.25) is 0 Å². The van der Waals surface area contributed by atoms with Crippen molar-refractivity contribution in [3.05, 3.63) is 121 Å². The van der Waals surface area contributed by atoms with Crippen LogP contribution in [0.5, 0.6) is 0 Å². The fourth-order valence-corrected chi connectivity index (χ4v) is 5.79. The minimum absolute atomic E-state index is 0.654. The highest BCUT2D eigenvalue weighted by Gasteiger charge is 2.25. The van der Waals surface area contributed by atoms with Crippen molar-refractivity contribution < 1.29 is 0 Å². The summed E-state index contributed by atoms with van der Waals surface area (Å²) in [5, 5.41) is 45.1. The fraction of sp³-hybridized carbons (Fsp3) is 0.0811. The van der Waals surface area contributed by atoms with Crippen LogP contribution in [0.3, 0.4) is 0 Å². The van der Waals surface area contributed by atoms with Gasteiger partial charge in [0.25, 0.3) is 0 Å². The van der Waals surface area contributed by atoms with Crippen molar-refractivity contribution in [1.29, 1.82) is 0 Å². The summed E-state index contributed by atoms with van der Waals surface area (Å²) in [5.41, 5.74) is 6.05. The van der Waals surface area contributed by atoms with E-state index in [1.54, 1.807) is 6.20 Å². The molecular formula is C37H32N14. The molecular weight excluding hydrogens is 641 g/mol. The maximum absolute atomic E-state index is 4.62. The second kappa shape index (κ2) is 13.0. The second-order valence-corrected chi connectivity index (χ2v) is 12.3. The van der Waals surface area contributed by atoms with Gasteiger partial charge >= 0.3 is 0 Å². The fourth-order valence-electron chi connectivity index (χ4n) is 5.79. The zero-order chi connectivity index (χ0) is 34.0. The number of fused-ring (bicyclic) bond motifs is 3. The van der Waals surface area contributed by atoms with E-state index < -0.39 is 0 Å². The topological polar surface area (TPSA) is 189 Å². The molecule has 6 aromatic heterocycles. The van der Waals surface area contributed by atoms with E-state index in [0.29, 0.717) is 5.92 Å². The van der Waals surface area contributed by atoms with Gasteiger partial charge in [0.15, 0.2) is 11.6 Å². The van der Waals surface area contributed by atoms with Gasteiger partial charge in [-0.25, -0.2) is 9.97 Å². The van der Waals surface area contributed by atoms with E-state index in [0.717, 1.165) is 79.0 Å². The van der Waals surface area contributed by atoms with Crippen LogP contribution < -0.4 is 21.3 Å². The minimum Gasteiger partial charge on any atom is -0.340 e. The van der Waals surface area contributed by atoms with Crippen LogP contribution in [0.2, 0.25) is 0 Å². The van der Waals surface area contributed by atoms with Crippen molar-refractivity contribution in [2.45, 2.75) is 18.8 Å². The Morgan fingerprint density at radius 1 is 0.490 bits per heavy atom. The Kier molecular flexibility index (Phi) is 7.62. The lowest BCUT2D eigenvalue weighted by molar-refractivity contribution is 0.966. The molecule has 1 saturated carbocycles. The van der Waals surface area contributed by atoms with Crippen molar-refractivity contribution >= 4 is 79.0 Å². The lowest BCUT2D eigenvalue weighted by Crippen LogP contribution is -1.98. The van der Waals surface area contributed by atoms with Gasteiger partial charge in [0.05, 0.1) is 28.9 Å². The van der Waals surface area contributed by atoms with Gasteiger partial charge in [-0.2, -0.15) is 20.4 Å². The van der Waals surface area contributed by atoms with Crippen LogP contribution in [-0.4, -0.2) is 50.8 Å². The molecule has 250 valence electrons. The molecule has 9 aromatic rings. The van der Waals surface area contributed by atoms with Gasteiger partial charge in [-0.15, -0.1) is 0 Å². The number of para-hydroxylation sites is 1. The number of rotatable bonds is 9. The van der Waals surface area contributed by atoms with Crippen LogP contribution in [0.4, 0.5) is 46.3 Å². The molecule has 6 heterocycles. The normalized spacial score (nSPS) is 12.5. The van der Waals surface area contributed by atoms with Crippen molar-refractivity contribution in [3.8, 4) is 0 Å². The smallest absolute Gasteiger partial charge is 0.161 e. The Hall–Kier alpha value is -7.22. The first kappa shape index (κ1) is 29.9. The number of nitrogens with one attached hydrogen (secondary N) is 8. The number of anilines is 8. The van der Waals surface area contributed by atoms with E-state index in [2.05, 4.69) is 78.1 Å². The van der Waals surface area contributed by atoms with Crippen LogP contribution >= 0.6 is 0 Å². The van der Waals surface area contributed by atoms with Crippen molar-refractivity contribution in [2.75, 3.05) is 21.3 Å². The van der Waals surface area contributed by atoms with E-state index in [4.69, 9.17) is 0 Å². The third kappa shape index (κ3) is 6.73. The number of nitrogens with zero attached hydrogens (tertiary/aromatic N) is 6. The number of hydrogen-bond acceptors (Lipinski definition) is 10. The molecule has 0 unspecified atom stereocenters. The zero-order valence-electron chi connectivity index (χ0n) is 27.1. The first-order valence-corrected chi connectivity index (χ1v) is 16.6. The standard InChI is InChI=1S/C19H15N7.C18H17N7/c1-2-5-15-14(4-1)19(26-25-15)23-18-7-3-6-17(22-18)21-13-9-8-12-11-20-24-16(12)10-13;1-2-16(20-13-7-6-12-10-19-23-14(12)8-13)21-17(3-1)22-18-9-15(24-25-18)11-4-5-11/h1-11H,(H,20,24)(H3,21,22,23,25,26);1-3,6-11H,4-5H2,(H,19,23)(H3,20,21,22,24,25). The van der Waals surface area contributed by atoms with E-state index in [9.17, 15) is 0 Å². The summed E-state index contributed by atoms with van der Waals surface area (Å²) in [6.45, 7) is 0. The van der Waals surface area contributed by atoms with Crippen molar-refractivity contribution in [1.82, 2.24) is 50.8 Å². The molecule has 3 aromatic carbocycles. The van der Waals surface area contributed by atoms with Gasteiger partial charge < -0.3 is 21.3 Å². The first-order valence-electron chi connectivity index (χ1n) is 16.6. The molecule has 1 aliphatic carbocycles. The molecule has 51 heavy (non-hydrogen) atoms. The van der Waals surface area contributed by atoms with Gasteiger partial charge in [-0.05, 0) is 85.6 Å². The number of benzene rings is 3. The summed E-state index contributed by atoms with van der Waals surface area (Å²) in [7, 11) is 0. The number of H-pyrrole nitrogens is 4. The summed E-state index contributed by atoms with van der Waals surface area (Å²) in [6, 6.07) is 33.7. The summed E-state index contributed by atoms with van der Waals surface area (Å²) in [6.07, 6.45) is 6.11. The molecule has 1 aliphatic rings. The van der Waals surface area contributed by atoms with E-state index in [-0.39, 0.29) is 0 Å². The summed E-state index contributed by atoms with van der Waals surface area (Å²) in [4.78, 5) is 9.21. The minimum atomic E-state index is 0.654. The molecule has 8 N–H and O–H groups in total. The predicted octanol–water partition coefficient (Wildman–Crippen LogP) is 8.37. The van der Waals surface area contributed by atoms with Crippen molar-refractivity contribution in [3.63, 3.8) is 0 Å². The lowest BCUT2D eigenvalue weighted by atomic mass is 10.2. The first-order chi connectivity index (χ1) is 25.2. The zero-order valence-corrected chi connectivity index (χ0v) is 27.1. The third-order valence-corrected chi connectivity index (χ3v) is 8.51. The molecule has 0 spiro atoms. The van der Waals surface area contributed by atoms with Gasteiger partial charge in [-0.1, -0.05) is 24.3 Å². The molecule has 0 atom stereocenters. The average molecular weight is 673 g/mol. The van der Waals surface area contributed by atoms with Crippen LogP contribution in [0.25, 0.3) is 32.7 Å². The third-order valence-electron chi connectivity index (χ3n) is 8.51. The SMILES string of the molecule is c1cc(Nc2ccc3cn[nH]c3c2)nc(Nc2cc(C3CC3)[nH]n2)c1.c1cc(Nc2ccc3cn[nH]c3c2)nc(Nc2n[nH]c3ccccc23)c1. The van der Waals surface area contributed by atoms with Crippen LogP contribution in [0, 0.1) is 0 Å². The number of aromatic amines is 4.